The highest BCUT2D eigenvalue weighted by Crippen LogP contribution is 2.41. The molecule has 0 saturated heterocycles. The highest BCUT2D eigenvalue weighted by molar-refractivity contribution is 5.40. The van der Waals surface area contributed by atoms with Gasteiger partial charge in [0.2, 0.25) is 0 Å². The monoisotopic (exact) mass is 235 g/mol. The van der Waals surface area contributed by atoms with E-state index in [-0.39, 0.29) is 23.9 Å². The Balaban J connectivity index is 2.31. The zero-order chi connectivity index (χ0) is 12.6. The van der Waals surface area contributed by atoms with Gasteiger partial charge in [-0.2, -0.15) is 0 Å². The predicted octanol–water partition coefficient (Wildman–Crippen LogP) is 2.65. The zero-order valence-corrected chi connectivity index (χ0v) is 10.9. The molecule has 1 heterocycles. The third kappa shape index (κ3) is 2.61. The van der Waals surface area contributed by atoms with Crippen LogP contribution < -0.4 is 10.5 Å². The molecule has 3 atom stereocenters. The van der Waals surface area contributed by atoms with E-state index in [1.165, 1.54) is 0 Å². The Morgan fingerprint density at radius 3 is 2.53 bits per heavy atom. The van der Waals surface area contributed by atoms with Gasteiger partial charge in [-0.05, 0) is 33.8 Å². The summed E-state index contributed by atoms with van der Waals surface area (Å²) in [5, 5.41) is 0. The number of ether oxygens (including phenoxy) is 2. The van der Waals surface area contributed by atoms with Gasteiger partial charge < -0.3 is 15.2 Å². The van der Waals surface area contributed by atoms with Gasteiger partial charge in [0.1, 0.15) is 18.0 Å². The summed E-state index contributed by atoms with van der Waals surface area (Å²) in [6.07, 6.45) is -0.183. The summed E-state index contributed by atoms with van der Waals surface area (Å²) in [5.41, 5.74) is 6.87. The fourth-order valence-corrected chi connectivity index (χ4v) is 2.10. The van der Waals surface area contributed by atoms with E-state index >= 15 is 0 Å². The van der Waals surface area contributed by atoms with Crippen LogP contribution in [-0.4, -0.2) is 17.7 Å². The molecule has 0 aliphatic carbocycles. The smallest absolute Gasteiger partial charge is 0.144 e. The normalized spacial score (nSPS) is 25.2. The SMILES string of the molecule is CC(N)C1Oc2ccccc2C1OC(C)(C)C. The summed E-state index contributed by atoms with van der Waals surface area (Å²) in [5.74, 6) is 0.893. The minimum atomic E-state index is -0.210. The molecule has 1 aromatic rings. The largest absolute Gasteiger partial charge is 0.485 e. The van der Waals surface area contributed by atoms with Gasteiger partial charge in [0.05, 0.1) is 5.60 Å². The molecule has 0 amide bonds. The van der Waals surface area contributed by atoms with E-state index in [0.717, 1.165) is 11.3 Å². The fraction of sp³-hybridized carbons (Fsp3) is 0.571. The van der Waals surface area contributed by atoms with Crippen molar-refractivity contribution in [1.29, 1.82) is 0 Å². The molecule has 3 heteroatoms. The maximum atomic E-state index is 6.09. The molecule has 2 rings (SSSR count). The van der Waals surface area contributed by atoms with Crippen molar-refractivity contribution in [3.63, 3.8) is 0 Å². The first-order valence-corrected chi connectivity index (χ1v) is 6.07. The first-order chi connectivity index (χ1) is 7.88. The van der Waals surface area contributed by atoms with Crippen molar-refractivity contribution in [1.82, 2.24) is 0 Å². The second-order valence-corrected chi connectivity index (χ2v) is 5.63. The molecule has 0 saturated carbocycles. The van der Waals surface area contributed by atoms with Crippen molar-refractivity contribution in [2.24, 2.45) is 5.73 Å². The van der Waals surface area contributed by atoms with Gasteiger partial charge in [-0.15, -0.1) is 0 Å². The number of benzene rings is 1. The quantitative estimate of drug-likeness (QED) is 0.857. The number of rotatable bonds is 2. The minimum absolute atomic E-state index is 0.0604. The fourth-order valence-electron chi connectivity index (χ4n) is 2.10. The lowest BCUT2D eigenvalue weighted by atomic mass is 10.0. The number of fused-ring (bicyclic) bond motifs is 1. The van der Waals surface area contributed by atoms with Crippen LogP contribution in [0.4, 0.5) is 0 Å². The van der Waals surface area contributed by atoms with Crippen molar-refractivity contribution in [2.45, 2.75) is 51.5 Å². The highest BCUT2D eigenvalue weighted by Gasteiger charge is 2.39. The van der Waals surface area contributed by atoms with Crippen molar-refractivity contribution in [3.05, 3.63) is 29.8 Å². The molecule has 3 nitrogen and oxygen atoms in total. The maximum absolute atomic E-state index is 6.09. The Morgan fingerprint density at radius 2 is 1.94 bits per heavy atom. The molecule has 0 spiro atoms. The number of hydrogen-bond acceptors (Lipinski definition) is 3. The van der Waals surface area contributed by atoms with E-state index in [1.54, 1.807) is 0 Å². The third-order valence-corrected chi connectivity index (χ3v) is 2.79. The van der Waals surface area contributed by atoms with Crippen molar-refractivity contribution in [3.8, 4) is 5.75 Å². The molecule has 1 aliphatic heterocycles. The van der Waals surface area contributed by atoms with Gasteiger partial charge in [-0.25, -0.2) is 0 Å². The summed E-state index contributed by atoms with van der Waals surface area (Å²) in [4.78, 5) is 0. The molecule has 3 unspecified atom stereocenters. The van der Waals surface area contributed by atoms with Crippen LogP contribution in [0, 0.1) is 0 Å². The Bertz CT molecular complexity index is 395. The number of para-hydroxylation sites is 1. The summed E-state index contributed by atoms with van der Waals surface area (Å²) in [6, 6.07) is 7.93. The highest BCUT2D eigenvalue weighted by atomic mass is 16.6. The average molecular weight is 235 g/mol. The lowest BCUT2D eigenvalue weighted by molar-refractivity contribution is -0.0957. The zero-order valence-electron chi connectivity index (χ0n) is 10.9. The topological polar surface area (TPSA) is 44.5 Å². The number of nitrogens with two attached hydrogens (primary N) is 1. The van der Waals surface area contributed by atoms with Crippen molar-refractivity contribution < 1.29 is 9.47 Å². The molecule has 0 bridgehead atoms. The summed E-state index contributed by atoms with van der Waals surface area (Å²) in [6.45, 7) is 8.10. The van der Waals surface area contributed by atoms with Gasteiger partial charge in [-0.3, -0.25) is 0 Å². The van der Waals surface area contributed by atoms with Gasteiger partial charge in [0.15, 0.2) is 0 Å². The predicted molar refractivity (Wildman–Crippen MR) is 68.1 cm³/mol. The third-order valence-electron chi connectivity index (χ3n) is 2.79. The Hall–Kier alpha value is -1.06. The van der Waals surface area contributed by atoms with Crippen LogP contribution >= 0.6 is 0 Å². The Labute approximate surface area is 103 Å². The van der Waals surface area contributed by atoms with Gasteiger partial charge >= 0.3 is 0 Å². The first kappa shape index (κ1) is 12.4. The molecule has 17 heavy (non-hydrogen) atoms. The summed E-state index contributed by atoms with van der Waals surface area (Å²) >= 11 is 0. The molecule has 1 aromatic carbocycles. The average Bonchev–Trinajstić information content (AvgIpc) is 2.55. The van der Waals surface area contributed by atoms with E-state index in [4.69, 9.17) is 15.2 Å². The first-order valence-electron chi connectivity index (χ1n) is 6.07. The molecule has 0 radical (unpaired) electrons. The molecular weight excluding hydrogens is 214 g/mol. The van der Waals surface area contributed by atoms with E-state index < -0.39 is 0 Å². The van der Waals surface area contributed by atoms with Gasteiger partial charge in [0.25, 0.3) is 0 Å². The van der Waals surface area contributed by atoms with Gasteiger partial charge in [0, 0.05) is 11.6 Å². The lowest BCUT2D eigenvalue weighted by Crippen LogP contribution is -2.40. The molecule has 0 fully saturated rings. The molecule has 0 aromatic heterocycles. The van der Waals surface area contributed by atoms with Crippen LogP contribution in [0.15, 0.2) is 24.3 Å². The van der Waals surface area contributed by atoms with Crippen LogP contribution in [-0.2, 0) is 4.74 Å². The number of hydrogen-bond donors (Lipinski definition) is 1. The maximum Gasteiger partial charge on any atom is 0.144 e. The van der Waals surface area contributed by atoms with E-state index in [2.05, 4.69) is 0 Å². The van der Waals surface area contributed by atoms with Crippen LogP contribution in [0.25, 0.3) is 0 Å². The second kappa shape index (κ2) is 4.31. The van der Waals surface area contributed by atoms with E-state index in [9.17, 15) is 0 Å². The van der Waals surface area contributed by atoms with E-state index in [0.29, 0.717) is 0 Å². The van der Waals surface area contributed by atoms with E-state index in [1.807, 2.05) is 52.0 Å². The Morgan fingerprint density at radius 1 is 1.29 bits per heavy atom. The molecular formula is C14H21NO2. The second-order valence-electron chi connectivity index (χ2n) is 5.63. The van der Waals surface area contributed by atoms with Crippen LogP contribution in [0.1, 0.15) is 39.4 Å². The summed E-state index contributed by atoms with van der Waals surface area (Å²) in [7, 11) is 0. The van der Waals surface area contributed by atoms with Crippen LogP contribution in [0.2, 0.25) is 0 Å². The van der Waals surface area contributed by atoms with Gasteiger partial charge in [-0.1, -0.05) is 18.2 Å². The molecule has 2 N–H and O–H groups in total. The lowest BCUT2D eigenvalue weighted by Gasteiger charge is -2.29. The Kier molecular flexibility index (Phi) is 3.15. The standard InChI is InChI=1S/C14H21NO2/c1-9(15)12-13(17-14(2,3)4)10-7-5-6-8-11(10)16-12/h5-9,12-13H,15H2,1-4H3. The van der Waals surface area contributed by atoms with Crippen molar-refractivity contribution in [2.75, 3.05) is 0 Å². The van der Waals surface area contributed by atoms with Crippen LogP contribution in [0.5, 0.6) is 5.75 Å². The summed E-state index contributed by atoms with van der Waals surface area (Å²) < 4.78 is 12.0. The molecule has 94 valence electrons. The molecule has 1 aliphatic rings. The minimum Gasteiger partial charge on any atom is -0.485 e. The van der Waals surface area contributed by atoms with Crippen LogP contribution in [0.3, 0.4) is 0 Å². The van der Waals surface area contributed by atoms with Crippen molar-refractivity contribution >= 4 is 0 Å².